The number of hydrazone groups is 1. The Bertz CT molecular complexity index is 870. The van der Waals surface area contributed by atoms with Crippen LogP contribution >= 0.6 is 0 Å². The fourth-order valence-corrected chi connectivity index (χ4v) is 2.46. The highest BCUT2D eigenvalue weighted by Gasteiger charge is 1.99. The lowest BCUT2D eigenvalue weighted by atomic mass is 10.0. The van der Waals surface area contributed by atoms with Crippen LogP contribution in [-0.2, 0) is 4.79 Å². The highest BCUT2D eigenvalue weighted by molar-refractivity contribution is 5.84. The summed E-state index contributed by atoms with van der Waals surface area (Å²) in [6.07, 6.45) is 1.64. The minimum Gasteiger partial charge on any atom is -0.376 e. The second-order valence-electron chi connectivity index (χ2n) is 6.00. The third-order valence-electron chi connectivity index (χ3n) is 3.93. The highest BCUT2D eigenvalue weighted by Crippen LogP contribution is 2.18. The van der Waals surface area contributed by atoms with Crippen LogP contribution in [0.3, 0.4) is 0 Å². The quantitative estimate of drug-likeness (QED) is 0.520. The van der Waals surface area contributed by atoms with Crippen molar-refractivity contribution in [2.45, 2.75) is 6.92 Å². The molecule has 0 bridgehead atoms. The minimum atomic E-state index is -0.192. The first-order valence-corrected chi connectivity index (χ1v) is 8.49. The molecular formula is C22H21N3O. The molecule has 0 spiro atoms. The molecule has 0 saturated heterocycles. The van der Waals surface area contributed by atoms with Crippen molar-refractivity contribution in [3.8, 4) is 11.1 Å². The summed E-state index contributed by atoms with van der Waals surface area (Å²) < 4.78 is 0. The Morgan fingerprint density at radius 3 is 2.23 bits per heavy atom. The molecule has 0 unspecified atom stereocenters. The standard InChI is InChI=1S/C22H21N3O/c1-17-7-13-21(14-8-17)23-16-22(26)25-24-15-18-9-11-20(12-10-18)19-5-3-2-4-6-19/h2-15,23H,16H2,1H3,(H,25,26)/b24-15-. The molecule has 0 radical (unpaired) electrons. The number of nitrogens with zero attached hydrogens (tertiary/aromatic N) is 1. The lowest BCUT2D eigenvalue weighted by Crippen LogP contribution is -2.25. The number of amides is 1. The van der Waals surface area contributed by atoms with Crippen molar-refractivity contribution >= 4 is 17.8 Å². The molecule has 2 N–H and O–H groups in total. The van der Waals surface area contributed by atoms with Crippen molar-refractivity contribution in [2.75, 3.05) is 11.9 Å². The van der Waals surface area contributed by atoms with E-state index in [1.165, 1.54) is 11.1 Å². The lowest BCUT2D eigenvalue weighted by molar-refractivity contribution is -0.119. The van der Waals surface area contributed by atoms with Crippen LogP contribution in [0.15, 0.2) is 84.0 Å². The zero-order chi connectivity index (χ0) is 18.2. The average Bonchev–Trinajstić information content (AvgIpc) is 2.69. The lowest BCUT2D eigenvalue weighted by Gasteiger charge is -2.05. The summed E-state index contributed by atoms with van der Waals surface area (Å²) in [6.45, 7) is 2.20. The van der Waals surface area contributed by atoms with Crippen molar-refractivity contribution in [2.24, 2.45) is 5.10 Å². The maximum atomic E-state index is 11.8. The van der Waals surface area contributed by atoms with Crippen molar-refractivity contribution in [1.29, 1.82) is 0 Å². The van der Waals surface area contributed by atoms with Gasteiger partial charge in [0.05, 0.1) is 12.8 Å². The van der Waals surface area contributed by atoms with E-state index in [-0.39, 0.29) is 12.5 Å². The van der Waals surface area contributed by atoms with Crippen LogP contribution < -0.4 is 10.7 Å². The van der Waals surface area contributed by atoms with Crippen LogP contribution in [0.2, 0.25) is 0 Å². The summed E-state index contributed by atoms with van der Waals surface area (Å²) in [7, 11) is 0. The molecular weight excluding hydrogens is 322 g/mol. The molecule has 0 atom stereocenters. The molecule has 0 aliphatic heterocycles. The number of rotatable bonds is 6. The molecule has 0 aromatic heterocycles. The first-order chi connectivity index (χ1) is 12.7. The summed E-state index contributed by atoms with van der Waals surface area (Å²) in [5.74, 6) is -0.192. The van der Waals surface area contributed by atoms with E-state index in [9.17, 15) is 4.79 Å². The van der Waals surface area contributed by atoms with Gasteiger partial charge in [0, 0.05) is 5.69 Å². The summed E-state index contributed by atoms with van der Waals surface area (Å²) >= 11 is 0. The number of benzene rings is 3. The summed E-state index contributed by atoms with van der Waals surface area (Å²) in [4.78, 5) is 11.8. The number of carbonyl (C=O) groups excluding carboxylic acids is 1. The molecule has 0 aliphatic carbocycles. The van der Waals surface area contributed by atoms with E-state index in [0.717, 1.165) is 16.8 Å². The van der Waals surface area contributed by atoms with Crippen LogP contribution in [0.4, 0.5) is 5.69 Å². The van der Waals surface area contributed by atoms with Gasteiger partial charge in [0.1, 0.15) is 0 Å². The smallest absolute Gasteiger partial charge is 0.259 e. The predicted molar refractivity (Wildman–Crippen MR) is 107 cm³/mol. The average molecular weight is 343 g/mol. The summed E-state index contributed by atoms with van der Waals surface area (Å²) in [6, 6.07) is 26.1. The first kappa shape index (κ1) is 17.4. The molecule has 3 aromatic carbocycles. The third-order valence-corrected chi connectivity index (χ3v) is 3.93. The van der Waals surface area contributed by atoms with E-state index in [1.54, 1.807) is 6.21 Å². The van der Waals surface area contributed by atoms with Crippen LogP contribution in [0.25, 0.3) is 11.1 Å². The number of aryl methyl sites for hydroxylation is 1. The zero-order valence-electron chi connectivity index (χ0n) is 14.6. The molecule has 0 fully saturated rings. The van der Waals surface area contributed by atoms with Gasteiger partial charge < -0.3 is 5.32 Å². The van der Waals surface area contributed by atoms with E-state index >= 15 is 0 Å². The van der Waals surface area contributed by atoms with Crippen LogP contribution in [0.5, 0.6) is 0 Å². The van der Waals surface area contributed by atoms with Gasteiger partial charge in [0.25, 0.3) is 5.91 Å². The van der Waals surface area contributed by atoms with Gasteiger partial charge >= 0.3 is 0 Å². The molecule has 4 heteroatoms. The van der Waals surface area contributed by atoms with Gasteiger partial charge in [0.2, 0.25) is 0 Å². The molecule has 0 saturated carbocycles. The van der Waals surface area contributed by atoms with Gasteiger partial charge in [-0.1, -0.05) is 72.3 Å². The fourth-order valence-electron chi connectivity index (χ4n) is 2.46. The first-order valence-electron chi connectivity index (χ1n) is 8.49. The van der Waals surface area contributed by atoms with Crippen molar-refractivity contribution in [3.05, 3.63) is 90.0 Å². The number of hydrogen-bond acceptors (Lipinski definition) is 3. The Kier molecular flexibility index (Phi) is 5.78. The fraction of sp³-hybridized carbons (Fsp3) is 0.0909. The van der Waals surface area contributed by atoms with Gasteiger partial charge in [-0.05, 0) is 35.7 Å². The van der Waals surface area contributed by atoms with E-state index in [0.29, 0.717) is 0 Å². The normalized spacial score (nSPS) is 10.7. The van der Waals surface area contributed by atoms with Gasteiger partial charge in [-0.15, -0.1) is 0 Å². The van der Waals surface area contributed by atoms with Crippen LogP contribution in [0, 0.1) is 6.92 Å². The van der Waals surface area contributed by atoms with E-state index in [2.05, 4.69) is 28.0 Å². The number of hydrogen-bond donors (Lipinski definition) is 2. The molecule has 130 valence electrons. The maximum Gasteiger partial charge on any atom is 0.259 e. The third kappa shape index (κ3) is 5.05. The maximum absolute atomic E-state index is 11.8. The SMILES string of the molecule is Cc1ccc(NCC(=O)N/N=C\c2ccc(-c3ccccc3)cc2)cc1. The second kappa shape index (κ2) is 8.62. The van der Waals surface area contributed by atoms with Gasteiger partial charge in [0.15, 0.2) is 0 Å². The Morgan fingerprint density at radius 2 is 1.54 bits per heavy atom. The number of anilines is 1. The molecule has 4 nitrogen and oxygen atoms in total. The van der Waals surface area contributed by atoms with Crippen molar-refractivity contribution < 1.29 is 4.79 Å². The Morgan fingerprint density at radius 1 is 0.885 bits per heavy atom. The van der Waals surface area contributed by atoms with E-state index in [1.807, 2.05) is 73.7 Å². The summed E-state index contributed by atoms with van der Waals surface area (Å²) in [5.41, 5.74) is 7.87. The molecule has 3 aromatic rings. The molecule has 0 heterocycles. The number of nitrogens with one attached hydrogen (secondary N) is 2. The molecule has 3 rings (SSSR count). The van der Waals surface area contributed by atoms with Crippen LogP contribution in [0.1, 0.15) is 11.1 Å². The largest absolute Gasteiger partial charge is 0.376 e. The summed E-state index contributed by atoms with van der Waals surface area (Å²) in [5, 5.41) is 7.07. The van der Waals surface area contributed by atoms with Gasteiger partial charge in [-0.25, -0.2) is 5.43 Å². The Labute approximate surface area is 153 Å². The minimum absolute atomic E-state index is 0.174. The second-order valence-corrected chi connectivity index (χ2v) is 6.00. The molecule has 26 heavy (non-hydrogen) atoms. The van der Waals surface area contributed by atoms with E-state index < -0.39 is 0 Å². The topological polar surface area (TPSA) is 53.5 Å². The molecule has 1 amide bonds. The monoisotopic (exact) mass is 343 g/mol. The number of carbonyl (C=O) groups is 1. The Hall–Kier alpha value is -3.40. The van der Waals surface area contributed by atoms with Crippen molar-refractivity contribution in [1.82, 2.24) is 5.43 Å². The Balaban J connectivity index is 1.48. The predicted octanol–water partition coefficient (Wildman–Crippen LogP) is 4.22. The van der Waals surface area contributed by atoms with Gasteiger partial charge in [-0.2, -0.15) is 5.10 Å². The van der Waals surface area contributed by atoms with Crippen LogP contribution in [-0.4, -0.2) is 18.7 Å². The van der Waals surface area contributed by atoms with E-state index in [4.69, 9.17) is 0 Å². The molecule has 0 aliphatic rings. The zero-order valence-corrected chi connectivity index (χ0v) is 14.6. The van der Waals surface area contributed by atoms with Gasteiger partial charge in [-0.3, -0.25) is 4.79 Å². The van der Waals surface area contributed by atoms with Crippen molar-refractivity contribution in [3.63, 3.8) is 0 Å². The highest BCUT2D eigenvalue weighted by atomic mass is 16.2.